The lowest BCUT2D eigenvalue weighted by Crippen LogP contribution is -2.39. The van der Waals surface area contributed by atoms with E-state index in [2.05, 4.69) is 15.4 Å². The molecular formula is C31H38F2N4O3. The maximum atomic E-state index is 14.7. The highest BCUT2D eigenvalue weighted by atomic mass is 19.1. The van der Waals surface area contributed by atoms with Gasteiger partial charge in [0, 0.05) is 42.1 Å². The van der Waals surface area contributed by atoms with Gasteiger partial charge in [0.25, 0.3) is 5.91 Å². The first-order valence-electron chi connectivity index (χ1n) is 14.7. The third-order valence-corrected chi connectivity index (χ3v) is 9.03. The number of rotatable bonds is 7. The lowest BCUT2D eigenvalue weighted by atomic mass is 9.83. The summed E-state index contributed by atoms with van der Waals surface area (Å²) in [5.74, 6) is 0.179. The number of hydrogen-bond donors (Lipinski definition) is 1. The van der Waals surface area contributed by atoms with Crippen molar-refractivity contribution in [3.05, 3.63) is 59.3 Å². The van der Waals surface area contributed by atoms with Crippen molar-refractivity contribution < 1.29 is 22.8 Å². The molecule has 40 heavy (non-hydrogen) atoms. The molecule has 0 atom stereocenters. The van der Waals surface area contributed by atoms with Crippen molar-refractivity contribution in [3.63, 3.8) is 0 Å². The van der Waals surface area contributed by atoms with Crippen LogP contribution in [0.3, 0.4) is 0 Å². The van der Waals surface area contributed by atoms with Gasteiger partial charge >= 0.3 is 0 Å². The first kappa shape index (κ1) is 27.1. The largest absolute Gasteiger partial charge is 0.378 e. The Balaban J connectivity index is 0.917. The van der Waals surface area contributed by atoms with Gasteiger partial charge < -0.3 is 24.4 Å². The summed E-state index contributed by atoms with van der Waals surface area (Å²) in [6.07, 6.45) is 7.38. The Morgan fingerprint density at radius 1 is 0.950 bits per heavy atom. The molecule has 0 unspecified atom stereocenters. The van der Waals surface area contributed by atoms with Crippen LogP contribution in [0.4, 0.5) is 14.5 Å². The molecule has 3 aromatic rings. The second-order valence-electron chi connectivity index (χ2n) is 11.6. The van der Waals surface area contributed by atoms with Gasteiger partial charge in [0.05, 0.1) is 24.6 Å². The van der Waals surface area contributed by atoms with Gasteiger partial charge in [-0.2, -0.15) is 0 Å². The van der Waals surface area contributed by atoms with E-state index < -0.39 is 0 Å². The number of aromatic nitrogens is 1. The molecule has 3 aliphatic rings. The number of piperidine rings is 1. The molecule has 3 heterocycles. The van der Waals surface area contributed by atoms with Crippen LogP contribution in [0, 0.1) is 17.6 Å². The first-order chi connectivity index (χ1) is 19.5. The Labute approximate surface area is 233 Å². The lowest BCUT2D eigenvalue weighted by Gasteiger charge is -2.34. The minimum atomic E-state index is -0.355. The molecule has 2 saturated heterocycles. The summed E-state index contributed by atoms with van der Waals surface area (Å²) in [6.45, 7) is 5.66. The molecule has 0 bridgehead atoms. The number of hydrogen-bond acceptors (Lipinski definition) is 6. The van der Waals surface area contributed by atoms with Crippen molar-refractivity contribution in [2.75, 3.05) is 50.8 Å². The molecule has 1 N–H and O–H groups in total. The number of nitrogens with one attached hydrogen (secondary N) is 1. The van der Waals surface area contributed by atoms with Crippen LogP contribution in [0.25, 0.3) is 11.0 Å². The van der Waals surface area contributed by atoms with E-state index in [0.29, 0.717) is 55.0 Å². The second kappa shape index (κ2) is 12.2. The van der Waals surface area contributed by atoms with E-state index in [4.69, 9.17) is 9.26 Å². The van der Waals surface area contributed by atoms with E-state index >= 15 is 0 Å². The maximum Gasteiger partial charge on any atom is 0.251 e. The minimum absolute atomic E-state index is 0.146. The average Bonchev–Trinajstić information content (AvgIpc) is 3.40. The minimum Gasteiger partial charge on any atom is -0.378 e. The highest BCUT2D eigenvalue weighted by Gasteiger charge is 2.27. The number of fused-ring (bicyclic) bond motifs is 1. The third-order valence-electron chi connectivity index (χ3n) is 9.03. The van der Waals surface area contributed by atoms with Gasteiger partial charge in [0.1, 0.15) is 11.6 Å². The van der Waals surface area contributed by atoms with E-state index in [9.17, 15) is 13.6 Å². The van der Waals surface area contributed by atoms with Crippen molar-refractivity contribution in [3.8, 4) is 0 Å². The number of carbonyl (C=O) groups excluding carboxylic acids is 1. The molecule has 3 fully saturated rings. The number of likely N-dealkylation sites (tertiary alicyclic amines) is 1. The van der Waals surface area contributed by atoms with Crippen LogP contribution in [-0.4, -0.2) is 67.9 Å². The summed E-state index contributed by atoms with van der Waals surface area (Å²) in [5.41, 5.74) is 2.41. The van der Waals surface area contributed by atoms with Crippen molar-refractivity contribution >= 4 is 22.6 Å². The number of amides is 1. The van der Waals surface area contributed by atoms with Crippen LogP contribution < -0.4 is 10.2 Å². The Morgan fingerprint density at radius 2 is 1.73 bits per heavy atom. The first-order valence-corrected chi connectivity index (χ1v) is 14.7. The van der Waals surface area contributed by atoms with Gasteiger partial charge in [0.2, 0.25) is 0 Å². The number of anilines is 1. The van der Waals surface area contributed by atoms with E-state index in [0.717, 1.165) is 69.2 Å². The number of ether oxygens (including phenoxy) is 1. The summed E-state index contributed by atoms with van der Waals surface area (Å²) in [6, 6.07) is 9.61. The van der Waals surface area contributed by atoms with E-state index in [1.165, 1.54) is 24.6 Å². The van der Waals surface area contributed by atoms with Crippen LogP contribution in [0.1, 0.15) is 66.9 Å². The molecule has 1 aliphatic carbocycles. The molecule has 0 spiro atoms. The molecule has 2 aromatic carbocycles. The SMILES string of the molecule is O=C(NC1CCC(CCN2CCC(c3noc4cc(F)ccc34)CC2)CC1)c1ccc(N2CCOCC2)c(F)c1. The molecule has 1 amide bonds. The summed E-state index contributed by atoms with van der Waals surface area (Å²) in [7, 11) is 0. The molecule has 6 rings (SSSR count). The van der Waals surface area contributed by atoms with Gasteiger partial charge in [-0.3, -0.25) is 4.79 Å². The predicted molar refractivity (Wildman–Crippen MR) is 150 cm³/mol. The second-order valence-corrected chi connectivity index (χ2v) is 11.6. The zero-order valence-corrected chi connectivity index (χ0v) is 22.9. The van der Waals surface area contributed by atoms with E-state index in [1.54, 1.807) is 18.2 Å². The van der Waals surface area contributed by atoms with Gasteiger partial charge in [-0.15, -0.1) is 0 Å². The fourth-order valence-corrected chi connectivity index (χ4v) is 6.59. The quantitative estimate of drug-likeness (QED) is 0.418. The topological polar surface area (TPSA) is 70.8 Å². The van der Waals surface area contributed by atoms with Gasteiger partial charge in [-0.1, -0.05) is 5.16 Å². The molecule has 214 valence electrons. The van der Waals surface area contributed by atoms with Crippen LogP contribution in [0.15, 0.2) is 40.9 Å². The number of carbonyl (C=O) groups is 1. The summed E-state index contributed by atoms with van der Waals surface area (Å²) in [4.78, 5) is 17.3. The highest BCUT2D eigenvalue weighted by Crippen LogP contribution is 2.34. The standard InChI is InChI=1S/C31H38F2N4O3/c32-24-4-7-26-29(20-24)40-35-30(26)22-10-13-36(14-11-22)12-9-21-1-5-25(6-2-21)34-31(38)23-3-8-28(27(33)19-23)37-15-17-39-18-16-37/h3-4,7-8,19-22,25H,1-2,5-6,9-18H2,(H,34,38). The Morgan fingerprint density at radius 3 is 2.48 bits per heavy atom. The molecule has 1 aromatic heterocycles. The van der Waals surface area contributed by atoms with Crippen molar-refractivity contribution in [1.82, 2.24) is 15.4 Å². The predicted octanol–water partition coefficient (Wildman–Crippen LogP) is 5.50. The molecule has 1 saturated carbocycles. The number of halogens is 2. The van der Waals surface area contributed by atoms with Crippen LogP contribution in [-0.2, 0) is 4.74 Å². The lowest BCUT2D eigenvalue weighted by molar-refractivity contribution is 0.0918. The molecule has 2 aliphatic heterocycles. The van der Waals surface area contributed by atoms with Crippen LogP contribution in [0.5, 0.6) is 0 Å². The third kappa shape index (κ3) is 6.15. The summed E-state index contributed by atoms with van der Waals surface area (Å²) < 4.78 is 38.9. The monoisotopic (exact) mass is 552 g/mol. The molecule has 9 heteroatoms. The zero-order chi connectivity index (χ0) is 27.5. The van der Waals surface area contributed by atoms with Crippen molar-refractivity contribution in [1.29, 1.82) is 0 Å². The molecule has 0 radical (unpaired) electrons. The number of benzene rings is 2. The smallest absolute Gasteiger partial charge is 0.251 e. The number of nitrogens with zero attached hydrogens (tertiary/aromatic N) is 3. The van der Waals surface area contributed by atoms with Crippen molar-refractivity contribution in [2.45, 2.75) is 56.9 Å². The average molecular weight is 553 g/mol. The van der Waals surface area contributed by atoms with Gasteiger partial charge in [-0.25, -0.2) is 8.78 Å². The maximum absolute atomic E-state index is 14.7. The summed E-state index contributed by atoms with van der Waals surface area (Å²) >= 11 is 0. The normalized spacial score (nSPS) is 23.0. The van der Waals surface area contributed by atoms with Crippen molar-refractivity contribution in [2.24, 2.45) is 5.92 Å². The Hall–Kier alpha value is -3.04. The molecule has 7 nitrogen and oxygen atoms in total. The zero-order valence-electron chi connectivity index (χ0n) is 22.9. The number of morpholine rings is 1. The van der Waals surface area contributed by atoms with E-state index in [-0.39, 0.29) is 23.6 Å². The highest BCUT2D eigenvalue weighted by molar-refractivity contribution is 5.94. The van der Waals surface area contributed by atoms with Crippen LogP contribution in [0.2, 0.25) is 0 Å². The van der Waals surface area contributed by atoms with Gasteiger partial charge in [-0.05, 0) is 101 Å². The van der Waals surface area contributed by atoms with E-state index in [1.807, 2.05) is 4.90 Å². The Bertz CT molecular complexity index is 1310. The van der Waals surface area contributed by atoms with Gasteiger partial charge in [0.15, 0.2) is 5.58 Å². The fourth-order valence-electron chi connectivity index (χ4n) is 6.59. The fraction of sp³-hybridized carbons (Fsp3) is 0.548. The van der Waals surface area contributed by atoms with Crippen LogP contribution >= 0.6 is 0 Å². The Kier molecular flexibility index (Phi) is 8.30. The summed E-state index contributed by atoms with van der Waals surface area (Å²) in [5, 5.41) is 8.33. The molecular weight excluding hydrogens is 514 g/mol.